The molecule has 1 atom stereocenters. The Hall–Kier alpha value is -2.34. The Kier molecular flexibility index (Phi) is 4.34. The fourth-order valence-corrected chi connectivity index (χ4v) is 2.56. The number of nitrogens with zero attached hydrogens (tertiary/aromatic N) is 1. The molecule has 0 aliphatic rings. The molecule has 1 amide bonds. The van der Waals surface area contributed by atoms with Crippen LogP contribution in [0.25, 0.3) is 10.8 Å². The highest BCUT2D eigenvalue weighted by Crippen LogP contribution is 2.24. The van der Waals surface area contributed by atoms with Crippen LogP contribution in [-0.2, 0) is 4.79 Å². The third-order valence-corrected chi connectivity index (χ3v) is 3.83. The third-order valence-electron chi connectivity index (χ3n) is 3.34. The van der Waals surface area contributed by atoms with Gasteiger partial charge < -0.3 is 14.6 Å². The van der Waals surface area contributed by atoms with Crippen molar-refractivity contribution in [2.45, 2.75) is 20.0 Å². The maximum absolute atomic E-state index is 12.1. The zero-order valence-corrected chi connectivity index (χ0v) is 14.3. The number of fused-ring (bicyclic) bond motifs is 1. The highest BCUT2D eigenvalue weighted by atomic mass is 79.9. The van der Waals surface area contributed by atoms with Gasteiger partial charge in [0.1, 0.15) is 11.5 Å². The van der Waals surface area contributed by atoms with E-state index in [0.29, 0.717) is 17.3 Å². The molecule has 118 valence electrons. The van der Waals surface area contributed by atoms with Crippen LogP contribution in [0.15, 0.2) is 51.5 Å². The van der Waals surface area contributed by atoms with Crippen LogP contribution in [-0.4, -0.2) is 17.2 Å². The van der Waals surface area contributed by atoms with Crippen LogP contribution in [0.1, 0.15) is 12.7 Å². The number of ether oxygens (including phenoxy) is 1. The number of hydrogen-bond donors (Lipinski definition) is 1. The van der Waals surface area contributed by atoms with E-state index in [1.54, 1.807) is 19.9 Å². The van der Waals surface area contributed by atoms with Crippen LogP contribution in [0, 0.1) is 6.92 Å². The Bertz CT molecular complexity index is 860. The van der Waals surface area contributed by atoms with Gasteiger partial charge in [-0.05, 0) is 48.9 Å². The number of anilines is 1. The summed E-state index contributed by atoms with van der Waals surface area (Å²) in [6, 6.07) is 13.4. The zero-order chi connectivity index (χ0) is 16.4. The Balaban J connectivity index is 1.70. The number of hydrogen-bond acceptors (Lipinski definition) is 4. The first kappa shape index (κ1) is 15.6. The Morgan fingerprint density at radius 3 is 2.70 bits per heavy atom. The molecule has 1 aromatic heterocycles. The normalized spacial score (nSPS) is 12.1. The summed E-state index contributed by atoms with van der Waals surface area (Å²) in [5, 5.41) is 8.53. The van der Waals surface area contributed by atoms with Crippen molar-refractivity contribution >= 4 is 38.4 Å². The fraction of sp³-hybridized carbons (Fsp3) is 0.176. The van der Waals surface area contributed by atoms with Crippen LogP contribution < -0.4 is 10.1 Å². The molecular formula is C17H15BrN2O3. The number of rotatable bonds is 4. The number of aryl methyl sites for hydroxylation is 1. The molecule has 6 heteroatoms. The fourth-order valence-electron chi connectivity index (χ4n) is 2.18. The summed E-state index contributed by atoms with van der Waals surface area (Å²) in [7, 11) is 0. The second-order valence-corrected chi connectivity index (χ2v) is 6.14. The lowest BCUT2D eigenvalue weighted by Gasteiger charge is -2.14. The summed E-state index contributed by atoms with van der Waals surface area (Å²) in [6.45, 7) is 3.45. The van der Waals surface area contributed by atoms with Gasteiger partial charge >= 0.3 is 0 Å². The SMILES string of the molecule is Cc1cc(NC(=O)C(C)Oc2ccc3cc(Br)ccc3c2)no1. The highest BCUT2D eigenvalue weighted by molar-refractivity contribution is 9.10. The van der Waals surface area contributed by atoms with Crippen molar-refractivity contribution in [3.63, 3.8) is 0 Å². The molecule has 0 bridgehead atoms. The Morgan fingerprint density at radius 2 is 1.96 bits per heavy atom. The van der Waals surface area contributed by atoms with Gasteiger partial charge in [0.15, 0.2) is 11.9 Å². The van der Waals surface area contributed by atoms with Crippen molar-refractivity contribution in [1.82, 2.24) is 5.16 Å². The van der Waals surface area contributed by atoms with E-state index in [1.807, 2.05) is 36.4 Å². The summed E-state index contributed by atoms with van der Waals surface area (Å²) < 4.78 is 11.6. The summed E-state index contributed by atoms with van der Waals surface area (Å²) >= 11 is 3.45. The average molecular weight is 375 g/mol. The molecule has 0 spiro atoms. The van der Waals surface area contributed by atoms with E-state index in [0.717, 1.165) is 15.2 Å². The zero-order valence-electron chi connectivity index (χ0n) is 12.7. The van der Waals surface area contributed by atoms with E-state index in [2.05, 4.69) is 26.4 Å². The quantitative estimate of drug-likeness (QED) is 0.738. The van der Waals surface area contributed by atoms with E-state index in [1.165, 1.54) is 0 Å². The van der Waals surface area contributed by atoms with Crippen molar-refractivity contribution in [2.24, 2.45) is 0 Å². The monoisotopic (exact) mass is 374 g/mol. The van der Waals surface area contributed by atoms with Gasteiger partial charge in [0.25, 0.3) is 5.91 Å². The van der Waals surface area contributed by atoms with Crippen LogP contribution >= 0.6 is 15.9 Å². The standard InChI is InChI=1S/C17H15BrN2O3/c1-10-7-16(20-23-10)19-17(21)11(2)22-15-6-4-12-8-14(18)5-3-13(12)9-15/h3-9,11H,1-2H3,(H,19,20,21). The van der Waals surface area contributed by atoms with E-state index in [9.17, 15) is 4.79 Å². The minimum atomic E-state index is -0.653. The van der Waals surface area contributed by atoms with Gasteiger partial charge in [-0.2, -0.15) is 0 Å². The summed E-state index contributed by atoms with van der Waals surface area (Å²) in [4.78, 5) is 12.1. The van der Waals surface area contributed by atoms with E-state index >= 15 is 0 Å². The predicted octanol–water partition coefficient (Wildman–Crippen LogP) is 4.30. The molecule has 1 N–H and O–H groups in total. The minimum Gasteiger partial charge on any atom is -0.481 e. The van der Waals surface area contributed by atoms with Gasteiger partial charge in [-0.25, -0.2) is 0 Å². The number of carbonyl (C=O) groups excluding carboxylic acids is 1. The van der Waals surface area contributed by atoms with Gasteiger partial charge in [0.2, 0.25) is 0 Å². The summed E-state index contributed by atoms with van der Waals surface area (Å²) in [5.41, 5.74) is 0. The smallest absolute Gasteiger partial charge is 0.266 e. The Labute approximate surface area is 141 Å². The number of nitrogens with one attached hydrogen (secondary N) is 1. The van der Waals surface area contributed by atoms with Crippen molar-refractivity contribution in [3.8, 4) is 5.75 Å². The van der Waals surface area contributed by atoms with Crippen molar-refractivity contribution in [3.05, 3.63) is 52.7 Å². The lowest BCUT2D eigenvalue weighted by molar-refractivity contribution is -0.122. The first-order valence-corrected chi connectivity index (χ1v) is 7.91. The average Bonchev–Trinajstić information content (AvgIpc) is 2.92. The first-order valence-electron chi connectivity index (χ1n) is 7.11. The summed E-state index contributed by atoms with van der Waals surface area (Å²) in [5.74, 6) is 1.37. The number of halogens is 1. The second kappa shape index (κ2) is 6.42. The molecule has 1 heterocycles. The largest absolute Gasteiger partial charge is 0.481 e. The van der Waals surface area contributed by atoms with Crippen LogP contribution in [0.3, 0.4) is 0 Å². The number of carbonyl (C=O) groups is 1. The molecule has 0 fully saturated rings. The summed E-state index contributed by atoms with van der Waals surface area (Å²) in [6.07, 6.45) is -0.653. The van der Waals surface area contributed by atoms with Gasteiger partial charge in [0.05, 0.1) is 0 Å². The van der Waals surface area contributed by atoms with Crippen LogP contribution in [0.5, 0.6) is 5.75 Å². The van der Waals surface area contributed by atoms with Gasteiger partial charge in [-0.3, -0.25) is 4.79 Å². The topological polar surface area (TPSA) is 64.4 Å². The second-order valence-electron chi connectivity index (χ2n) is 5.23. The molecule has 3 aromatic rings. The molecular weight excluding hydrogens is 360 g/mol. The molecule has 0 radical (unpaired) electrons. The molecule has 0 aliphatic carbocycles. The molecule has 2 aromatic carbocycles. The lowest BCUT2D eigenvalue weighted by Crippen LogP contribution is -2.30. The van der Waals surface area contributed by atoms with Crippen LogP contribution in [0.2, 0.25) is 0 Å². The minimum absolute atomic E-state index is 0.283. The molecule has 23 heavy (non-hydrogen) atoms. The van der Waals surface area contributed by atoms with Crippen LogP contribution in [0.4, 0.5) is 5.82 Å². The predicted molar refractivity (Wildman–Crippen MR) is 91.6 cm³/mol. The first-order chi connectivity index (χ1) is 11.0. The van der Waals surface area contributed by atoms with Crippen molar-refractivity contribution in [2.75, 3.05) is 5.32 Å². The molecule has 1 unspecified atom stereocenters. The molecule has 0 saturated carbocycles. The molecule has 0 aliphatic heterocycles. The van der Waals surface area contributed by atoms with Gasteiger partial charge in [-0.15, -0.1) is 0 Å². The lowest BCUT2D eigenvalue weighted by atomic mass is 10.1. The Morgan fingerprint density at radius 1 is 1.22 bits per heavy atom. The van der Waals surface area contributed by atoms with Crippen molar-refractivity contribution in [1.29, 1.82) is 0 Å². The van der Waals surface area contributed by atoms with E-state index < -0.39 is 6.10 Å². The maximum atomic E-state index is 12.1. The highest BCUT2D eigenvalue weighted by Gasteiger charge is 2.16. The van der Waals surface area contributed by atoms with E-state index in [-0.39, 0.29) is 5.91 Å². The third kappa shape index (κ3) is 3.71. The van der Waals surface area contributed by atoms with Gasteiger partial charge in [0, 0.05) is 10.5 Å². The number of amides is 1. The van der Waals surface area contributed by atoms with Crippen molar-refractivity contribution < 1.29 is 14.1 Å². The van der Waals surface area contributed by atoms with Gasteiger partial charge in [-0.1, -0.05) is 33.2 Å². The molecule has 3 rings (SSSR count). The number of benzene rings is 2. The van der Waals surface area contributed by atoms with E-state index in [4.69, 9.17) is 9.26 Å². The molecule has 0 saturated heterocycles. The number of aromatic nitrogens is 1. The molecule has 5 nitrogen and oxygen atoms in total. The maximum Gasteiger partial charge on any atom is 0.266 e.